The van der Waals surface area contributed by atoms with Crippen molar-refractivity contribution < 1.29 is 13.7 Å². The Morgan fingerprint density at radius 3 is 1.29 bits per heavy atom. The highest BCUT2D eigenvalue weighted by molar-refractivity contribution is 5.98. The molecule has 0 N–H and O–H groups in total. The van der Waals surface area contributed by atoms with Crippen molar-refractivity contribution in [1.82, 2.24) is 0 Å². The van der Waals surface area contributed by atoms with Gasteiger partial charge in [-0.05, 0) is 202 Å². The lowest BCUT2D eigenvalue weighted by Crippen LogP contribution is -2.30. The number of anilines is 6. The Labute approximate surface area is 571 Å². The van der Waals surface area contributed by atoms with Crippen LogP contribution in [-0.2, 0) is 17.3 Å². The molecule has 2 heteroatoms. The molecule has 0 bridgehead atoms. The number of hydrogen-bond donors (Lipinski definition) is 0. The van der Waals surface area contributed by atoms with Crippen LogP contribution in [0.4, 0.5) is 34.1 Å². The molecular weight excluding hydrogens is 1150 g/mol. The summed E-state index contributed by atoms with van der Waals surface area (Å²) in [7, 11) is 0. The van der Waals surface area contributed by atoms with Crippen molar-refractivity contribution in [2.75, 3.05) is 9.80 Å². The third-order valence-electron chi connectivity index (χ3n) is 20.5. The zero-order valence-corrected chi connectivity index (χ0v) is 51.9. The minimum atomic E-state index is -1.26. The Morgan fingerprint density at radius 2 is 0.747 bits per heavy atom. The number of benzene rings is 14. The molecule has 0 saturated heterocycles. The maximum absolute atomic E-state index is 9.81. The van der Waals surface area contributed by atoms with Crippen molar-refractivity contribution in [1.29, 1.82) is 0 Å². The van der Waals surface area contributed by atoms with Crippen LogP contribution in [0.1, 0.15) is 103 Å². The fourth-order valence-electron chi connectivity index (χ4n) is 16.5. The summed E-state index contributed by atoms with van der Waals surface area (Å²) in [6.45, 7) is 8.05. The number of fused-ring (bicyclic) bond motifs is 16. The topological polar surface area (TPSA) is 6.48 Å². The Morgan fingerprint density at radius 1 is 0.337 bits per heavy atom. The number of rotatable bonds is 14. The molecule has 0 radical (unpaired) electrons. The van der Waals surface area contributed by atoms with Crippen LogP contribution in [0.3, 0.4) is 0 Å². The molecule has 0 saturated carbocycles. The summed E-state index contributed by atoms with van der Waals surface area (Å²) in [4.78, 5) is 4.61. The van der Waals surface area contributed by atoms with Gasteiger partial charge in [-0.1, -0.05) is 292 Å². The van der Waals surface area contributed by atoms with Crippen molar-refractivity contribution in [3.63, 3.8) is 0 Å². The summed E-state index contributed by atoms with van der Waals surface area (Å²) in [5, 5.41) is 0. The fraction of sp³-hybridized carbons (Fsp3) is 0.0538. The predicted octanol–water partition coefficient (Wildman–Crippen LogP) is 23.8. The molecule has 14 aromatic carbocycles. The van der Waals surface area contributed by atoms with Crippen molar-refractivity contribution >= 4 is 46.3 Å². The van der Waals surface area contributed by atoms with Gasteiger partial charge in [-0.25, -0.2) is 0 Å². The van der Waals surface area contributed by atoms with Gasteiger partial charge in [0, 0.05) is 46.0 Å². The van der Waals surface area contributed by atoms with E-state index in [9.17, 15) is 8.22 Å². The average molecular weight is 1220 g/mol. The van der Waals surface area contributed by atoms with Crippen LogP contribution in [0, 0.1) is 0 Å². The first-order chi connectivity index (χ1) is 51.2. The Balaban J connectivity index is 0.837. The number of nitrogens with zero attached hydrogens (tertiary/aromatic N) is 2. The lowest BCUT2D eigenvalue weighted by molar-refractivity contribution is 0.629. The van der Waals surface area contributed by atoms with Crippen LogP contribution in [0.2, 0.25) is 0 Å². The van der Waals surface area contributed by atoms with Gasteiger partial charge in [0.15, 0.2) is 0 Å². The van der Waals surface area contributed by atoms with Gasteiger partial charge in [-0.15, -0.1) is 0 Å². The van der Waals surface area contributed by atoms with Gasteiger partial charge in [0.05, 0.1) is 24.5 Å². The highest BCUT2D eigenvalue weighted by Crippen LogP contribution is 2.65. The molecule has 4 unspecified atom stereocenters. The van der Waals surface area contributed by atoms with Gasteiger partial charge in [-0.2, -0.15) is 0 Å². The standard InChI is InChI=1S/C93H66N2/c1-3-62-41-43-64(44-42-62)61-92(67-27-11-6-12-28-67)84-38-22-19-34-76(84)79-54-50-71(58-87(79)92)95(69-31-15-8-16-32-69)73-52-56-81-78-36-21-24-40-86(78)93(89(81)60-73)85-39-23-20-35-77(85)80-55-51-72(59-88(80)93)94(68-29-13-7-14-30-68)70-49-53-75-74-33-17-18-37-82(74)91(83(75)57-70)90(65-25-9-5-10-26-65)66-47-45-63(4-2)46-48-66/h3-60,90-91H,1-2,61H2/i5D,6D,9D,10D,11D,12D,25D,26D,27D,28D. The van der Waals surface area contributed by atoms with E-state index < -0.39 is 34.8 Å². The molecule has 0 fully saturated rings. The summed E-state index contributed by atoms with van der Waals surface area (Å²) >= 11 is 0. The van der Waals surface area contributed by atoms with E-state index in [1.54, 1.807) is 12.2 Å². The van der Waals surface area contributed by atoms with E-state index in [0.29, 0.717) is 6.42 Å². The van der Waals surface area contributed by atoms with Gasteiger partial charge < -0.3 is 9.80 Å². The normalized spacial score (nSPS) is 18.0. The SMILES string of the molecule is [2H]c1c([2H])c([2H])c(C(c2ccc(C=C)cc2)C2c3ccccc3-c3ccc(N(c4ccccc4)c4ccc5c(c4)C4(c6ccccc6-5)c5ccccc5-c5ccc(N(c6ccccc6)c6ccc7c(c6)C(Cc6ccc(C=C)cc6)(c6c([2H])c([2H])c([2H])c([2H])c6[2H])c6ccccc6-7)cc54)cc32)c([2H])c1[2H]. The van der Waals surface area contributed by atoms with E-state index in [-0.39, 0.29) is 59.5 Å². The van der Waals surface area contributed by atoms with Crippen LogP contribution in [0.15, 0.2) is 353 Å². The van der Waals surface area contributed by atoms with Crippen molar-refractivity contribution in [3.05, 3.63) is 431 Å². The van der Waals surface area contributed by atoms with E-state index in [2.05, 4.69) is 217 Å². The molecule has 2 nitrogen and oxygen atoms in total. The highest BCUT2D eigenvalue weighted by Gasteiger charge is 2.53. The third kappa shape index (κ3) is 8.64. The summed E-state index contributed by atoms with van der Waals surface area (Å²) in [6, 6.07) is 94.3. The first-order valence-electron chi connectivity index (χ1n) is 37.4. The van der Waals surface area contributed by atoms with Crippen LogP contribution in [0.25, 0.3) is 56.7 Å². The molecule has 0 aromatic heterocycles. The number of para-hydroxylation sites is 2. The lowest BCUT2D eigenvalue weighted by Gasteiger charge is -2.35. The Hall–Kier alpha value is -11.8. The van der Waals surface area contributed by atoms with Crippen molar-refractivity contribution in [2.24, 2.45) is 0 Å². The molecule has 0 amide bonds. The Bertz CT molecular complexity index is 5900. The van der Waals surface area contributed by atoms with E-state index >= 15 is 0 Å². The minimum absolute atomic E-state index is 0.217. The van der Waals surface area contributed by atoms with Crippen LogP contribution in [-0.4, -0.2) is 0 Å². The molecule has 448 valence electrons. The van der Waals surface area contributed by atoms with Crippen LogP contribution in [0.5, 0.6) is 0 Å². The smallest absolute Gasteiger partial charge is 0.0727 e. The molecule has 4 aliphatic carbocycles. The summed E-state index contributed by atoms with van der Waals surface area (Å²) in [5.74, 6) is -1.19. The Kier molecular flexibility index (Phi) is 10.9. The molecule has 4 atom stereocenters. The molecule has 95 heavy (non-hydrogen) atoms. The van der Waals surface area contributed by atoms with Gasteiger partial charge in [-0.3, -0.25) is 0 Å². The maximum Gasteiger partial charge on any atom is 0.0727 e. The van der Waals surface area contributed by atoms with Gasteiger partial charge in [0.1, 0.15) is 0 Å². The second-order valence-corrected chi connectivity index (χ2v) is 25.2. The zero-order chi connectivity index (χ0) is 71.9. The molecule has 18 rings (SSSR count). The van der Waals surface area contributed by atoms with E-state index in [1.807, 2.05) is 84.9 Å². The van der Waals surface area contributed by atoms with Gasteiger partial charge in [0.2, 0.25) is 0 Å². The molecular formula is C93H66N2. The zero-order valence-electron chi connectivity index (χ0n) is 61.9. The average Bonchev–Trinajstić information content (AvgIpc) is 1.50. The van der Waals surface area contributed by atoms with Crippen molar-refractivity contribution in [3.8, 4) is 44.5 Å². The summed E-state index contributed by atoms with van der Waals surface area (Å²) in [6.07, 6.45) is 3.87. The van der Waals surface area contributed by atoms with Gasteiger partial charge >= 0.3 is 0 Å². The molecule has 0 heterocycles. The van der Waals surface area contributed by atoms with E-state index in [1.165, 1.54) is 0 Å². The first kappa shape index (κ1) is 46.3. The van der Waals surface area contributed by atoms with E-state index in [0.717, 1.165) is 145 Å². The third-order valence-corrected chi connectivity index (χ3v) is 20.5. The predicted molar refractivity (Wildman–Crippen MR) is 396 cm³/mol. The van der Waals surface area contributed by atoms with Crippen LogP contribution >= 0.6 is 0 Å². The monoisotopic (exact) mass is 1220 g/mol. The lowest BCUT2D eigenvalue weighted by atomic mass is 9.68. The quantitative estimate of drug-likeness (QED) is 0.107. The maximum atomic E-state index is 9.81. The van der Waals surface area contributed by atoms with E-state index in [4.69, 9.17) is 5.48 Å². The summed E-state index contributed by atoms with van der Waals surface area (Å²) in [5.41, 5.74) is 23.6. The summed E-state index contributed by atoms with van der Waals surface area (Å²) < 4.78 is 92.8. The minimum Gasteiger partial charge on any atom is -0.310 e. The number of hydrogen-bond acceptors (Lipinski definition) is 2. The molecule has 1 spiro atoms. The van der Waals surface area contributed by atoms with Crippen LogP contribution < -0.4 is 9.80 Å². The van der Waals surface area contributed by atoms with Crippen molar-refractivity contribution in [2.45, 2.75) is 29.1 Å². The largest absolute Gasteiger partial charge is 0.310 e. The fourth-order valence-corrected chi connectivity index (χ4v) is 16.5. The van der Waals surface area contributed by atoms with Gasteiger partial charge in [0.25, 0.3) is 0 Å². The second kappa shape index (κ2) is 22.5. The highest BCUT2D eigenvalue weighted by atomic mass is 15.1. The molecule has 0 aliphatic heterocycles. The molecule has 14 aromatic rings. The molecule has 4 aliphatic rings. The first-order valence-corrected chi connectivity index (χ1v) is 32.4. The second-order valence-electron chi connectivity index (χ2n) is 25.2.